The fraction of sp³-hybridized carbons (Fsp3) is 0.444. The molecule has 3 aromatic rings. The van der Waals surface area contributed by atoms with E-state index in [2.05, 4.69) is 28.7 Å². The van der Waals surface area contributed by atoms with E-state index in [-0.39, 0.29) is 22.3 Å². The van der Waals surface area contributed by atoms with E-state index in [9.17, 15) is 4.39 Å². The van der Waals surface area contributed by atoms with Gasteiger partial charge in [0.1, 0.15) is 22.5 Å². The molecule has 0 atom stereocenters. The van der Waals surface area contributed by atoms with Gasteiger partial charge in [-0.1, -0.05) is 50.4 Å². The van der Waals surface area contributed by atoms with E-state index in [0.717, 1.165) is 53.8 Å². The van der Waals surface area contributed by atoms with E-state index < -0.39 is 0 Å². The molecule has 0 radical (unpaired) electrons. The summed E-state index contributed by atoms with van der Waals surface area (Å²) in [5.74, 6) is 1.32. The van der Waals surface area contributed by atoms with E-state index in [1.54, 1.807) is 13.2 Å². The first-order valence-corrected chi connectivity index (χ1v) is 12.4. The van der Waals surface area contributed by atoms with Crippen LogP contribution in [0.5, 0.6) is 5.75 Å². The summed E-state index contributed by atoms with van der Waals surface area (Å²) in [5, 5.41) is 0.280. The molecule has 2 N–H and O–H groups in total. The van der Waals surface area contributed by atoms with Crippen molar-refractivity contribution in [3.05, 3.63) is 69.9 Å². The molecule has 0 unspecified atom stereocenters. The van der Waals surface area contributed by atoms with Gasteiger partial charge in [0.2, 0.25) is 5.95 Å². The van der Waals surface area contributed by atoms with Gasteiger partial charge >= 0.3 is 0 Å². The van der Waals surface area contributed by atoms with E-state index in [4.69, 9.17) is 27.1 Å². The van der Waals surface area contributed by atoms with Crippen LogP contribution < -0.4 is 15.4 Å². The number of nitrogens with two attached hydrogens (primary N) is 1. The second-order valence-corrected chi connectivity index (χ2v) is 9.48. The molecule has 0 aliphatic carbocycles. The Kier molecular flexibility index (Phi) is 8.89. The second kappa shape index (κ2) is 11.7. The van der Waals surface area contributed by atoms with Gasteiger partial charge < -0.3 is 15.4 Å². The molecule has 35 heavy (non-hydrogen) atoms. The topological polar surface area (TPSA) is 77.2 Å². The van der Waals surface area contributed by atoms with Gasteiger partial charge in [0.25, 0.3) is 0 Å². The Morgan fingerprint density at radius 3 is 2.31 bits per heavy atom. The Balaban J connectivity index is 2.14. The normalized spacial score (nSPS) is 11.5. The Labute approximate surface area is 212 Å². The van der Waals surface area contributed by atoms with Crippen molar-refractivity contribution < 1.29 is 9.13 Å². The highest BCUT2D eigenvalue weighted by Crippen LogP contribution is 2.38. The minimum atomic E-state index is -0.241. The van der Waals surface area contributed by atoms with Gasteiger partial charge in [0, 0.05) is 35.3 Å². The van der Waals surface area contributed by atoms with Gasteiger partial charge in [-0.2, -0.15) is 4.98 Å². The fourth-order valence-corrected chi connectivity index (χ4v) is 5.19. The third-order valence-electron chi connectivity index (χ3n) is 6.52. The number of nitrogen functional groups attached to an aromatic ring is 1. The summed E-state index contributed by atoms with van der Waals surface area (Å²) in [7, 11) is 1.67. The van der Waals surface area contributed by atoms with Crippen LogP contribution in [0.15, 0.2) is 36.5 Å². The van der Waals surface area contributed by atoms with Gasteiger partial charge in [-0.15, -0.1) is 0 Å². The number of aryl methyl sites for hydroxylation is 1. The predicted molar refractivity (Wildman–Crippen MR) is 141 cm³/mol. The number of ether oxygens (including phenoxy) is 1. The Hall–Kier alpha value is -2.93. The third kappa shape index (κ3) is 6.20. The lowest BCUT2D eigenvalue weighted by molar-refractivity contribution is 0.352. The summed E-state index contributed by atoms with van der Waals surface area (Å²) in [6.45, 7) is 9.45. The third-order valence-corrected chi connectivity index (χ3v) is 6.71. The monoisotopic (exact) mass is 499 g/mol. The van der Waals surface area contributed by atoms with Crippen molar-refractivity contribution in [3.8, 4) is 5.75 Å². The van der Waals surface area contributed by atoms with Crippen molar-refractivity contribution in [2.45, 2.75) is 65.3 Å². The molecule has 8 heteroatoms. The first-order valence-electron chi connectivity index (χ1n) is 12.0. The summed E-state index contributed by atoms with van der Waals surface area (Å²) >= 11 is 6.29. The van der Waals surface area contributed by atoms with Crippen LogP contribution >= 0.6 is 11.6 Å². The maximum absolute atomic E-state index is 13.8. The molecule has 2 aromatic heterocycles. The van der Waals surface area contributed by atoms with Crippen molar-refractivity contribution >= 4 is 23.4 Å². The number of rotatable bonds is 11. The summed E-state index contributed by atoms with van der Waals surface area (Å²) in [5.41, 5.74) is 9.69. The SMILES string of the molecule is CCCC(CCC)(CN(Cc1ncc(C)c(OC)c1C)c1cc(Cl)nc(N)n1)c1ccc(F)cc1. The van der Waals surface area contributed by atoms with Crippen LogP contribution in [0.1, 0.15) is 61.9 Å². The van der Waals surface area contributed by atoms with Crippen molar-refractivity contribution in [2.24, 2.45) is 0 Å². The average molecular weight is 500 g/mol. The lowest BCUT2D eigenvalue weighted by atomic mass is 9.73. The quantitative estimate of drug-likeness (QED) is 0.307. The van der Waals surface area contributed by atoms with Crippen LogP contribution in [0.4, 0.5) is 16.2 Å². The zero-order valence-corrected chi connectivity index (χ0v) is 22.0. The van der Waals surface area contributed by atoms with Crippen molar-refractivity contribution in [3.63, 3.8) is 0 Å². The molecular weight excluding hydrogens is 465 g/mol. The zero-order chi connectivity index (χ0) is 25.6. The molecule has 3 rings (SSSR count). The molecule has 0 aliphatic heterocycles. The number of pyridine rings is 1. The molecular formula is C27H35ClFN5O. The Morgan fingerprint density at radius 1 is 1.09 bits per heavy atom. The first-order chi connectivity index (χ1) is 16.7. The molecule has 0 saturated carbocycles. The summed E-state index contributed by atoms with van der Waals surface area (Å²) in [6, 6.07) is 8.61. The van der Waals surface area contributed by atoms with Crippen LogP contribution in [-0.2, 0) is 12.0 Å². The molecule has 0 fully saturated rings. The number of benzene rings is 1. The van der Waals surface area contributed by atoms with Crippen LogP contribution in [0.3, 0.4) is 0 Å². The van der Waals surface area contributed by atoms with E-state index in [0.29, 0.717) is 18.9 Å². The Morgan fingerprint density at radius 2 is 1.74 bits per heavy atom. The number of hydrogen-bond acceptors (Lipinski definition) is 6. The van der Waals surface area contributed by atoms with Crippen LogP contribution in [-0.4, -0.2) is 28.6 Å². The largest absolute Gasteiger partial charge is 0.496 e. The number of halogens is 2. The zero-order valence-electron chi connectivity index (χ0n) is 21.2. The molecule has 0 bridgehead atoms. The lowest BCUT2D eigenvalue weighted by Gasteiger charge is -2.40. The standard InChI is InChI=1S/C27H35ClFN5O/c1-6-12-27(13-7-2,20-8-10-21(29)11-9-20)17-34(24-14-23(28)32-26(30)33-24)16-22-19(4)25(35-5)18(3)15-31-22/h8-11,14-15H,6-7,12-13,16-17H2,1-5H3,(H2,30,32,33). The average Bonchev–Trinajstić information content (AvgIpc) is 2.80. The molecule has 0 saturated heterocycles. The minimum absolute atomic E-state index is 0.113. The van der Waals surface area contributed by atoms with Crippen LogP contribution in [0.25, 0.3) is 0 Å². The van der Waals surface area contributed by atoms with E-state index in [1.165, 1.54) is 12.1 Å². The maximum atomic E-state index is 13.8. The predicted octanol–water partition coefficient (Wildman–Crippen LogP) is 6.42. The van der Waals surface area contributed by atoms with Gasteiger partial charge in [0.05, 0.1) is 19.3 Å². The van der Waals surface area contributed by atoms with Crippen molar-refractivity contribution in [1.82, 2.24) is 15.0 Å². The van der Waals surface area contributed by atoms with Gasteiger partial charge in [-0.05, 0) is 44.4 Å². The van der Waals surface area contributed by atoms with Crippen molar-refractivity contribution in [1.29, 1.82) is 0 Å². The minimum Gasteiger partial charge on any atom is -0.496 e. The smallest absolute Gasteiger partial charge is 0.223 e. The Bertz CT molecular complexity index is 1110. The van der Waals surface area contributed by atoms with E-state index in [1.807, 2.05) is 32.2 Å². The maximum Gasteiger partial charge on any atom is 0.223 e. The highest BCUT2D eigenvalue weighted by Gasteiger charge is 2.34. The van der Waals surface area contributed by atoms with Gasteiger partial charge in [-0.25, -0.2) is 9.37 Å². The second-order valence-electron chi connectivity index (χ2n) is 9.10. The first kappa shape index (κ1) is 26.7. The fourth-order valence-electron chi connectivity index (χ4n) is 5.00. The van der Waals surface area contributed by atoms with Crippen LogP contribution in [0, 0.1) is 19.7 Å². The number of nitrogens with zero attached hydrogens (tertiary/aromatic N) is 4. The van der Waals surface area contributed by atoms with Gasteiger partial charge in [0.15, 0.2) is 0 Å². The number of hydrogen-bond donors (Lipinski definition) is 1. The van der Waals surface area contributed by atoms with Crippen LogP contribution in [0.2, 0.25) is 5.15 Å². The molecule has 0 spiro atoms. The molecule has 0 amide bonds. The highest BCUT2D eigenvalue weighted by atomic mass is 35.5. The number of aromatic nitrogens is 3. The summed E-state index contributed by atoms with van der Waals surface area (Å²) < 4.78 is 19.5. The molecule has 1 aromatic carbocycles. The van der Waals surface area contributed by atoms with E-state index >= 15 is 0 Å². The molecule has 188 valence electrons. The molecule has 0 aliphatic rings. The summed E-state index contributed by atoms with van der Waals surface area (Å²) in [4.78, 5) is 15.4. The number of methoxy groups -OCH3 is 1. The molecule has 6 nitrogen and oxygen atoms in total. The van der Waals surface area contributed by atoms with Gasteiger partial charge in [-0.3, -0.25) is 4.98 Å². The lowest BCUT2D eigenvalue weighted by Crippen LogP contribution is -2.42. The molecule has 2 heterocycles. The highest BCUT2D eigenvalue weighted by molar-refractivity contribution is 6.29. The number of anilines is 2. The summed E-state index contributed by atoms with van der Waals surface area (Å²) in [6.07, 6.45) is 5.65. The van der Waals surface area contributed by atoms with Crippen molar-refractivity contribution in [2.75, 3.05) is 24.3 Å².